The molecule has 1 N–H and O–H groups in total. The third-order valence-corrected chi connectivity index (χ3v) is 2.95. The molecule has 0 saturated carbocycles. The first kappa shape index (κ1) is 13.4. The first-order chi connectivity index (χ1) is 7.72. The monoisotopic (exact) mass is 240 g/mol. The summed E-state index contributed by atoms with van der Waals surface area (Å²) in [6.45, 7) is 11.1. The van der Waals surface area contributed by atoms with E-state index in [1.807, 2.05) is 6.92 Å². The first-order valence-electron chi connectivity index (χ1n) is 5.58. The lowest BCUT2D eigenvalue weighted by Gasteiger charge is -2.01. The number of rotatable bonds is 8. The van der Waals surface area contributed by atoms with Crippen LogP contribution in [0.15, 0.2) is 17.5 Å². The fraction of sp³-hybridized carbons (Fsp3) is 0.583. The molecule has 1 rings (SSSR count). The maximum Gasteiger partial charge on any atom is 0.107 e. The largest absolute Gasteiger partial charge is 0.375 e. The molecule has 0 aliphatic carbocycles. The van der Waals surface area contributed by atoms with Crippen molar-refractivity contribution in [2.24, 2.45) is 0 Å². The summed E-state index contributed by atoms with van der Waals surface area (Å²) >= 11 is 1.68. The van der Waals surface area contributed by atoms with Gasteiger partial charge in [-0.05, 0) is 19.9 Å². The molecule has 0 amide bonds. The van der Waals surface area contributed by atoms with E-state index >= 15 is 0 Å². The van der Waals surface area contributed by atoms with Crippen LogP contribution < -0.4 is 5.32 Å². The minimum Gasteiger partial charge on any atom is -0.375 e. The first-order valence-corrected chi connectivity index (χ1v) is 6.46. The van der Waals surface area contributed by atoms with E-state index in [-0.39, 0.29) is 0 Å². The lowest BCUT2D eigenvalue weighted by atomic mass is 10.3. The molecule has 1 heterocycles. The van der Waals surface area contributed by atoms with Crippen molar-refractivity contribution in [2.75, 3.05) is 13.2 Å². The van der Waals surface area contributed by atoms with Crippen LogP contribution in [0.1, 0.15) is 31.0 Å². The van der Waals surface area contributed by atoms with E-state index in [4.69, 9.17) is 4.74 Å². The third kappa shape index (κ3) is 5.39. The van der Waals surface area contributed by atoms with Crippen LogP contribution in [0, 0.1) is 0 Å². The predicted molar refractivity (Wildman–Crippen MR) is 68.6 cm³/mol. The highest BCUT2D eigenvalue weighted by atomic mass is 32.1. The Labute approximate surface area is 102 Å². The van der Waals surface area contributed by atoms with Crippen molar-refractivity contribution >= 4 is 11.3 Å². The van der Waals surface area contributed by atoms with Crippen LogP contribution in [0.2, 0.25) is 0 Å². The fourth-order valence-corrected chi connectivity index (χ4v) is 1.90. The van der Waals surface area contributed by atoms with Crippen LogP contribution in [0.3, 0.4) is 0 Å². The summed E-state index contributed by atoms with van der Waals surface area (Å²) in [5.74, 6) is 0. The maximum absolute atomic E-state index is 5.51. The highest BCUT2D eigenvalue weighted by molar-refractivity contribution is 7.09. The molecule has 0 bridgehead atoms. The molecule has 16 heavy (non-hydrogen) atoms. The van der Waals surface area contributed by atoms with Gasteiger partial charge in [-0.15, -0.1) is 17.9 Å². The Balaban J connectivity index is 2.21. The number of thiazole rings is 1. The molecule has 3 nitrogen and oxygen atoms in total. The van der Waals surface area contributed by atoms with Crippen molar-refractivity contribution < 1.29 is 4.74 Å². The van der Waals surface area contributed by atoms with E-state index in [0.29, 0.717) is 6.61 Å². The Hall–Kier alpha value is -0.710. The van der Waals surface area contributed by atoms with Crippen LogP contribution in [0.5, 0.6) is 0 Å². The SMILES string of the molecule is C=C(C)CCOCc1csc(CNCC)n1. The van der Waals surface area contributed by atoms with Gasteiger partial charge in [-0.1, -0.05) is 12.5 Å². The zero-order chi connectivity index (χ0) is 11.8. The lowest BCUT2D eigenvalue weighted by molar-refractivity contribution is 0.121. The van der Waals surface area contributed by atoms with E-state index in [2.05, 4.69) is 29.2 Å². The fourth-order valence-electron chi connectivity index (χ4n) is 1.15. The van der Waals surface area contributed by atoms with Crippen LogP contribution in [0.25, 0.3) is 0 Å². The van der Waals surface area contributed by atoms with Crippen molar-refractivity contribution in [3.63, 3.8) is 0 Å². The highest BCUT2D eigenvalue weighted by Crippen LogP contribution is 2.10. The molecule has 4 heteroatoms. The van der Waals surface area contributed by atoms with Crippen molar-refractivity contribution in [2.45, 2.75) is 33.4 Å². The summed E-state index contributed by atoms with van der Waals surface area (Å²) in [7, 11) is 0. The van der Waals surface area contributed by atoms with Crippen LogP contribution in [0.4, 0.5) is 0 Å². The maximum atomic E-state index is 5.51. The van der Waals surface area contributed by atoms with Crippen molar-refractivity contribution in [1.82, 2.24) is 10.3 Å². The lowest BCUT2D eigenvalue weighted by Crippen LogP contribution is -2.11. The summed E-state index contributed by atoms with van der Waals surface area (Å²) in [6.07, 6.45) is 0.925. The second kappa shape index (κ2) is 7.54. The normalized spacial score (nSPS) is 10.6. The van der Waals surface area contributed by atoms with Crippen LogP contribution in [-0.4, -0.2) is 18.1 Å². The number of nitrogens with one attached hydrogen (secondary N) is 1. The summed E-state index contributed by atoms with van der Waals surface area (Å²) in [5.41, 5.74) is 2.19. The molecule has 0 fully saturated rings. The molecule has 0 saturated heterocycles. The number of hydrogen-bond acceptors (Lipinski definition) is 4. The summed E-state index contributed by atoms with van der Waals surface area (Å²) < 4.78 is 5.51. The van der Waals surface area contributed by atoms with Crippen molar-refractivity contribution in [3.8, 4) is 0 Å². The van der Waals surface area contributed by atoms with Gasteiger partial charge in [-0.3, -0.25) is 0 Å². The number of hydrogen-bond donors (Lipinski definition) is 1. The Morgan fingerprint density at radius 3 is 3.12 bits per heavy atom. The average Bonchev–Trinajstić information content (AvgIpc) is 2.69. The van der Waals surface area contributed by atoms with Gasteiger partial charge in [-0.2, -0.15) is 0 Å². The smallest absolute Gasteiger partial charge is 0.107 e. The molecule has 90 valence electrons. The zero-order valence-electron chi connectivity index (χ0n) is 10.1. The van der Waals surface area contributed by atoms with Crippen molar-refractivity contribution in [3.05, 3.63) is 28.2 Å². The summed E-state index contributed by atoms with van der Waals surface area (Å²) in [4.78, 5) is 4.47. The molecular formula is C12H20N2OS. The van der Waals surface area contributed by atoms with Gasteiger partial charge in [0.25, 0.3) is 0 Å². The average molecular weight is 240 g/mol. The van der Waals surface area contributed by atoms with Crippen LogP contribution in [-0.2, 0) is 17.9 Å². The standard InChI is InChI=1S/C12H20N2OS/c1-4-13-7-12-14-11(9-16-12)8-15-6-5-10(2)3/h9,13H,2,4-8H2,1,3H3. The molecule has 1 aromatic rings. The second-order valence-electron chi connectivity index (χ2n) is 3.77. The molecule has 0 spiro atoms. The minimum atomic E-state index is 0.607. The van der Waals surface area contributed by atoms with Crippen LogP contribution >= 0.6 is 11.3 Å². The van der Waals surface area contributed by atoms with Gasteiger partial charge in [0.05, 0.1) is 18.9 Å². The predicted octanol–water partition coefficient (Wildman–Crippen LogP) is 2.74. The highest BCUT2D eigenvalue weighted by Gasteiger charge is 2.01. The molecule has 0 aliphatic heterocycles. The number of aromatic nitrogens is 1. The third-order valence-electron chi connectivity index (χ3n) is 2.05. The Morgan fingerprint density at radius 1 is 1.62 bits per heavy atom. The number of ether oxygens (including phenoxy) is 1. The Morgan fingerprint density at radius 2 is 2.44 bits per heavy atom. The van der Waals surface area contributed by atoms with Gasteiger partial charge in [0, 0.05) is 11.9 Å². The summed E-state index contributed by atoms with van der Waals surface area (Å²) in [5, 5.41) is 6.44. The molecule has 0 aliphatic rings. The molecule has 0 aromatic carbocycles. The van der Waals surface area contributed by atoms with Gasteiger partial charge in [-0.25, -0.2) is 4.98 Å². The Kier molecular flexibility index (Phi) is 6.30. The molecule has 1 aromatic heterocycles. The van der Waals surface area contributed by atoms with E-state index < -0.39 is 0 Å². The van der Waals surface area contributed by atoms with E-state index in [9.17, 15) is 0 Å². The van der Waals surface area contributed by atoms with Gasteiger partial charge in [0.2, 0.25) is 0 Å². The second-order valence-corrected chi connectivity index (χ2v) is 4.72. The van der Waals surface area contributed by atoms with Gasteiger partial charge >= 0.3 is 0 Å². The van der Waals surface area contributed by atoms with Gasteiger partial charge in [0.1, 0.15) is 5.01 Å². The molecular weight excluding hydrogens is 220 g/mol. The molecule has 0 unspecified atom stereocenters. The quantitative estimate of drug-likeness (QED) is 0.560. The van der Waals surface area contributed by atoms with E-state index in [1.54, 1.807) is 11.3 Å². The van der Waals surface area contributed by atoms with E-state index in [0.717, 1.165) is 42.4 Å². The van der Waals surface area contributed by atoms with Gasteiger partial charge in [0.15, 0.2) is 0 Å². The summed E-state index contributed by atoms with van der Waals surface area (Å²) in [6, 6.07) is 0. The minimum absolute atomic E-state index is 0.607. The zero-order valence-corrected chi connectivity index (χ0v) is 10.9. The van der Waals surface area contributed by atoms with E-state index in [1.165, 1.54) is 0 Å². The van der Waals surface area contributed by atoms with Gasteiger partial charge < -0.3 is 10.1 Å². The topological polar surface area (TPSA) is 34.1 Å². The molecule has 0 atom stereocenters. The van der Waals surface area contributed by atoms with Crippen molar-refractivity contribution in [1.29, 1.82) is 0 Å². The Bertz CT molecular complexity index is 323. The molecule has 0 radical (unpaired) electrons. The number of nitrogens with zero attached hydrogens (tertiary/aromatic N) is 1.